The number of amides is 1. The van der Waals surface area contributed by atoms with Crippen LogP contribution < -0.4 is 9.46 Å². The van der Waals surface area contributed by atoms with Gasteiger partial charge in [0.2, 0.25) is 0 Å². The number of nitrogens with zero attached hydrogens (tertiary/aromatic N) is 2. The van der Waals surface area contributed by atoms with E-state index in [0.717, 1.165) is 22.2 Å². The molecule has 0 spiro atoms. The fourth-order valence-corrected chi connectivity index (χ4v) is 6.08. The van der Waals surface area contributed by atoms with Crippen molar-refractivity contribution in [3.05, 3.63) is 54.1 Å². The fourth-order valence-electron chi connectivity index (χ4n) is 4.92. The Morgan fingerprint density at radius 3 is 2.83 bits per heavy atom. The third kappa shape index (κ3) is 4.37. The Balaban J connectivity index is 1.40. The molecule has 1 amide bonds. The normalized spacial score (nSPS) is 20.0. The lowest BCUT2D eigenvalue weighted by molar-refractivity contribution is 0.158. The number of benzene rings is 1. The molecule has 5 rings (SSSR count). The zero-order valence-electron chi connectivity index (χ0n) is 19.2. The number of rotatable bonds is 6. The number of carbonyl (C=O) groups excluding carboxylic acids is 1. The molecular weight excluding hydrogens is 475 g/mol. The number of hydrogen-bond donors (Lipinski definition) is 2. The minimum atomic E-state index is -3.95. The third-order valence-corrected chi connectivity index (χ3v) is 7.92. The summed E-state index contributed by atoms with van der Waals surface area (Å²) in [6.45, 7) is 2.29. The maximum absolute atomic E-state index is 14.0. The summed E-state index contributed by atoms with van der Waals surface area (Å²) in [5, 5.41) is 0.840. The summed E-state index contributed by atoms with van der Waals surface area (Å²) >= 11 is 0. The molecule has 1 saturated heterocycles. The number of H-pyrrole nitrogens is 1. The molecule has 1 aromatic carbocycles. The lowest BCUT2D eigenvalue weighted by atomic mass is 9.99. The van der Waals surface area contributed by atoms with Crippen LogP contribution in [0.2, 0.25) is 0 Å². The summed E-state index contributed by atoms with van der Waals surface area (Å²) in [4.78, 5) is 19.4. The Kier molecular flexibility index (Phi) is 5.97. The van der Waals surface area contributed by atoms with Crippen molar-refractivity contribution in [3.63, 3.8) is 0 Å². The number of allylic oxidation sites excluding steroid dienone is 1. The van der Waals surface area contributed by atoms with Crippen LogP contribution in [0.25, 0.3) is 27.7 Å². The van der Waals surface area contributed by atoms with Crippen molar-refractivity contribution >= 4 is 32.9 Å². The monoisotopic (exact) mass is 500 g/mol. The van der Waals surface area contributed by atoms with Crippen LogP contribution >= 0.6 is 0 Å². The van der Waals surface area contributed by atoms with Crippen molar-refractivity contribution in [3.8, 4) is 16.9 Å². The van der Waals surface area contributed by atoms with Gasteiger partial charge in [-0.15, -0.1) is 0 Å². The number of aromatic nitrogens is 2. The Morgan fingerprint density at radius 1 is 1.26 bits per heavy atom. The van der Waals surface area contributed by atoms with Gasteiger partial charge in [-0.25, -0.2) is 18.9 Å². The summed E-state index contributed by atoms with van der Waals surface area (Å²) in [7, 11) is -2.41. The molecule has 2 aliphatic rings. The van der Waals surface area contributed by atoms with E-state index < -0.39 is 16.3 Å². The van der Waals surface area contributed by atoms with Gasteiger partial charge in [0.25, 0.3) is 0 Å². The second kappa shape index (κ2) is 8.97. The van der Waals surface area contributed by atoms with Gasteiger partial charge in [0.1, 0.15) is 17.2 Å². The molecule has 3 aromatic rings. The van der Waals surface area contributed by atoms with Crippen LogP contribution in [0.5, 0.6) is 5.75 Å². The van der Waals surface area contributed by atoms with Crippen LogP contribution in [0, 0.1) is 17.7 Å². The summed E-state index contributed by atoms with van der Waals surface area (Å²) in [6.07, 6.45) is 3.45. The highest BCUT2D eigenvalue weighted by atomic mass is 32.2. The molecule has 1 fully saturated rings. The molecule has 2 N–H and O–H groups in total. The molecule has 9 nitrogen and oxygen atoms in total. The van der Waals surface area contributed by atoms with Gasteiger partial charge >= 0.3 is 16.3 Å². The van der Waals surface area contributed by atoms with Gasteiger partial charge in [-0.2, -0.15) is 12.7 Å². The van der Waals surface area contributed by atoms with Crippen molar-refractivity contribution in [2.45, 2.75) is 13.3 Å². The van der Waals surface area contributed by atoms with Crippen LogP contribution in [0.15, 0.2) is 42.6 Å². The SMILES string of the molecule is CCOC(=O)NS(=O)(=O)N1CC2C=C(c3cc4c(-c5cc(F)ccc5OC)ccnc4[nH]3)CC2C1. The number of ether oxygens (including phenoxy) is 2. The first-order valence-corrected chi connectivity index (χ1v) is 12.7. The zero-order chi connectivity index (χ0) is 24.7. The standard InChI is InChI=1S/C24H25FN4O5S/c1-3-34-24(30)28-35(31,32)29-12-15-8-14(9-16(15)13-29)21-11-20-18(6-7-26-23(20)27-21)19-10-17(25)4-5-22(19)33-2/h4-8,10-11,15-16H,3,9,12-13H2,1-2H3,(H,26,27)(H,28,30). The van der Waals surface area contributed by atoms with E-state index >= 15 is 0 Å². The lowest BCUT2D eigenvalue weighted by Crippen LogP contribution is -2.42. The van der Waals surface area contributed by atoms with E-state index in [1.807, 2.05) is 16.9 Å². The second-order valence-electron chi connectivity index (χ2n) is 8.61. The molecule has 3 heterocycles. The predicted octanol–water partition coefficient (Wildman–Crippen LogP) is 3.70. The highest BCUT2D eigenvalue weighted by Gasteiger charge is 2.42. The predicted molar refractivity (Wildman–Crippen MR) is 128 cm³/mol. The largest absolute Gasteiger partial charge is 0.496 e. The molecule has 35 heavy (non-hydrogen) atoms. The van der Waals surface area contributed by atoms with E-state index in [-0.39, 0.29) is 30.8 Å². The van der Waals surface area contributed by atoms with Crippen molar-refractivity contribution in [1.29, 1.82) is 0 Å². The van der Waals surface area contributed by atoms with Crippen LogP contribution in [-0.4, -0.2) is 55.6 Å². The number of hydrogen-bond acceptors (Lipinski definition) is 6. The van der Waals surface area contributed by atoms with Gasteiger partial charge in [-0.05, 0) is 66.6 Å². The molecule has 0 saturated carbocycles. The Bertz CT molecular complexity index is 1430. The zero-order valence-corrected chi connectivity index (χ0v) is 20.1. The van der Waals surface area contributed by atoms with Crippen LogP contribution in [0.1, 0.15) is 19.0 Å². The van der Waals surface area contributed by atoms with E-state index in [0.29, 0.717) is 29.9 Å². The maximum atomic E-state index is 14.0. The second-order valence-corrected chi connectivity index (χ2v) is 10.3. The number of fused-ring (bicyclic) bond motifs is 2. The lowest BCUT2D eigenvalue weighted by Gasteiger charge is -2.17. The quantitative estimate of drug-likeness (QED) is 0.534. The Morgan fingerprint density at radius 2 is 2.09 bits per heavy atom. The Hall–Kier alpha value is -3.44. The summed E-state index contributed by atoms with van der Waals surface area (Å²) in [6, 6.07) is 8.22. The summed E-state index contributed by atoms with van der Waals surface area (Å²) in [5.41, 5.74) is 4.08. The number of carbonyl (C=O) groups is 1. The molecule has 2 aromatic heterocycles. The summed E-state index contributed by atoms with van der Waals surface area (Å²) in [5.74, 6) is 0.343. The van der Waals surface area contributed by atoms with Crippen molar-refractivity contribution < 1.29 is 27.1 Å². The highest BCUT2D eigenvalue weighted by molar-refractivity contribution is 7.87. The third-order valence-electron chi connectivity index (χ3n) is 6.51. The molecule has 11 heteroatoms. The van der Waals surface area contributed by atoms with Gasteiger partial charge < -0.3 is 14.5 Å². The minimum absolute atomic E-state index is 0.0333. The minimum Gasteiger partial charge on any atom is -0.496 e. The topological polar surface area (TPSA) is 114 Å². The summed E-state index contributed by atoms with van der Waals surface area (Å²) < 4.78 is 52.4. The highest BCUT2D eigenvalue weighted by Crippen LogP contribution is 2.43. The first-order valence-electron chi connectivity index (χ1n) is 11.3. The maximum Gasteiger partial charge on any atom is 0.421 e. The number of pyridine rings is 1. The van der Waals surface area contributed by atoms with Gasteiger partial charge in [-0.3, -0.25) is 0 Å². The van der Waals surface area contributed by atoms with E-state index in [1.165, 1.54) is 16.4 Å². The fraction of sp³-hybridized carbons (Fsp3) is 0.333. The van der Waals surface area contributed by atoms with E-state index in [4.69, 9.17) is 9.47 Å². The van der Waals surface area contributed by atoms with E-state index in [9.17, 15) is 17.6 Å². The van der Waals surface area contributed by atoms with Gasteiger partial charge in [0.05, 0.1) is 13.7 Å². The number of methoxy groups -OCH3 is 1. The van der Waals surface area contributed by atoms with Gasteiger partial charge in [-0.1, -0.05) is 6.08 Å². The van der Waals surface area contributed by atoms with Crippen LogP contribution in [0.4, 0.5) is 9.18 Å². The first kappa shape index (κ1) is 23.3. The molecule has 2 atom stereocenters. The van der Waals surface area contributed by atoms with Gasteiger partial charge in [0, 0.05) is 35.9 Å². The molecule has 0 radical (unpaired) electrons. The van der Waals surface area contributed by atoms with Crippen LogP contribution in [0.3, 0.4) is 0 Å². The number of nitrogens with one attached hydrogen (secondary N) is 2. The average molecular weight is 501 g/mol. The molecule has 2 unspecified atom stereocenters. The smallest absolute Gasteiger partial charge is 0.421 e. The molecule has 0 bridgehead atoms. The Labute approximate surface area is 202 Å². The van der Waals surface area contributed by atoms with Crippen molar-refractivity contribution in [1.82, 2.24) is 19.0 Å². The van der Waals surface area contributed by atoms with Crippen molar-refractivity contribution in [2.24, 2.45) is 11.8 Å². The molecule has 1 aliphatic carbocycles. The van der Waals surface area contributed by atoms with E-state index in [1.54, 1.807) is 26.3 Å². The average Bonchev–Trinajstić information content (AvgIpc) is 3.51. The van der Waals surface area contributed by atoms with E-state index in [2.05, 4.69) is 16.0 Å². The molecule has 184 valence electrons. The molecular formula is C24H25FN4O5S. The van der Waals surface area contributed by atoms with Gasteiger partial charge in [0.15, 0.2) is 0 Å². The van der Waals surface area contributed by atoms with Crippen molar-refractivity contribution in [2.75, 3.05) is 26.8 Å². The number of halogens is 1. The van der Waals surface area contributed by atoms with Crippen LogP contribution in [-0.2, 0) is 14.9 Å². The molecule has 1 aliphatic heterocycles. The first-order chi connectivity index (χ1) is 16.8. The number of aromatic amines is 1.